The van der Waals surface area contributed by atoms with Crippen LogP contribution in [0.15, 0.2) is 40.8 Å². The molecule has 2 aromatic carbocycles. The minimum Gasteiger partial charge on any atom is -0.508 e. The third-order valence-corrected chi connectivity index (χ3v) is 2.85. The maximum Gasteiger partial charge on any atom is 0.227 e. The van der Waals surface area contributed by atoms with Crippen molar-refractivity contribution in [2.75, 3.05) is 12.8 Å². The van der Waals surface area contributed by atoms with Crippen molar-refractivity contribution in [3.8, 4) is 23.0 Å². The number of hydrogen-bond acceptors (Lipinski definition) is 5. The molecule has 3 rings (SSSR count). The molecule has 0 spiro atoms. The number of aromatic nitrogens is 1. The van der Waals surface area contributed by atoms with Crippen molar-refractivity contribution in [2.24, 2.45) is 0 Å². The number of oxazole rings is 1. The molecule has 0 aliphatic heterocycles. The average Bonchev–Trinajstić information content (AvgIpc) is 2.81. The Morgan fingerprint density at radius 1 is 1.21 bits per heavy atom. The van der Waals surface area contributed by atoms with Crippen LogP contribution in [0.5, 0.6) is 11.5 Å². The van der Waals surface area contributed by atoms with Gasteiger partial charge in [-0.3, -0.25) is 0 Å². The van der Waals surface area contributed by atoms with Gasteiger partial charge < -0.3 is 20.0 Å². The van der Waals surface area contributed by atoms with Crippen LogP contribution in [0.25, 0.3) is 22.6 Å². The summed E-state index contributed by atoms with van der Waals surface area (Å²) in [4.78, 5) is 4.35. The number of anilines is 1. The summed E-state index contributed by atoms with van der Waals surface area (Å²) in [7, 11) is 1.56. The molecule has 0 bridgehead atoms. The molecule has 1 aromatic heterocycles. The van der Waals surface area contributed by atoms with Gasteiger partial charge in [-0.25, -0.2) is 4.98 Å². The maximum absolute atomic E-state index is 9.40. The Morgan fingerprint density at radius 2 is 2.05 bits per heavy atom. The van der Waals surface area contributed by atoms with E-state index < -0.39 is 0 Å². The van der Waals surface area contributed by atoms with E-state index in [1.165, 1.54) is 6.07 Å². The van der Waals surface area contributed by atoms with E-state index in [1.807, 2.05) is 6.07 Å². The van der Waals surface area contributed by atoms with E-state index in [-0.39, 0.29) is 5.75 Å². The summed E-state index contributed by atoms with van der Waals surface area (Å²) in [6, 6.07) is 10.1. The molecule has 0 atom stereocenters. The van der Waals surface area contributed by atoms with Crippen LogP contribution in [0.2, 0.25) is 0 Å². The third kappa shape index (κ3) is 1.95. The van der Waals surface area contributed by atoms with Crippen LogP contribution in [-0.4, -0.2) is 17.2 Å². The highest BCUT2D eigenvalue weighted by Crippen LogP contribution is 2.30. The number of nitrogen functional groups attached to an aromatic ring is 1. The lowest BCUT2D eigenvalue weighted by atomic mass is 10.2. The molecule has 0 unspecified atom stereocenters. The number of phenolic OH excluding ortho intramolecular Hbond substituents is 1. The molecule has 0 amide bonds. The van der Waals surface area contributed by atoms with E-state index in [2.05, 4.69) is 4.98 Å². The molecule has 0 fully saturated rings. The fraction of sp³-hybridized carbons (Fsp3) is 0.0714. The highest BCUT2D eigenvalue weighted by atomic mass is 16.5. The van der Waals surface area contributed by atoms with Crippen molar-refractivity contribution in [1.82, 2.24) is 4.98 Å². The van der Waals surface area contributed by atoms with Gasteiger partial charge in [0.05, 0.1) is 12.8 Å². The number of nitrogens with two attached hydrogens (primary N) is 1. The van der Waals surface area contributed by atoms with Crippen LogP contribution in [0.3, 0.4) is 0 Å². The van der Waals surface area contributed by atoms with Gasteiger partial charge in [0.25, 0.3) is 0 Å². The van der Waals surface area contributed by atoms with Gasteiger partial charge in [0.15, 0.2) is 5.58 Å². The van der Waals surface area contributed by atoms with Crippen molar-refractivity contribution >= 4 is 16.8 Å². The molecular weight excluding hydrogens is 244 g/mol. The van der Waals surface area contributed by atoms with Crippen LogP contribution in [0, 0.1) is 0 Å². The normalized spacial score (nSPS) is 10.8. The molecular formula is C14H12N2O3. The number of phenols is 1. The predicted molar refractivity (Wildman–Crippen MR) is 72.1 cm³/mol. The number of methoxy groups -OCH3 is 1. The molecule has 5 nitrogen and oxygen atoms in total. The highest BCUT2D eigenvalue weighted by Gasteiger charge is 2.10. The van der Waals surface area contributed by atoms with E-state index in [0.29, 0.717) is 28.4 Å². The molecule has 5 heteroatoms. The number of aromatic hydroxyl groups is 1. The summed E-state index contributed by atoms with van der Waals surface area (Å²) >= 11 is 0. The van der Waals surface area contributed by atoms with Gasteiger partial charge >= 0.3 is 0 Å². The van der Waals surface area contributed by atoms with Crippen molar-refractivity contribution < 1.29 is 14.3 Å². The van der Waals surface area contributed by atoms with Crippen LogP contribution < -0.4 is 10.5 Å². The first kappa shape index (κ1) is 11.4. The standard InChI is InChI=1S/C14H12N2O3/c1-18-12-5-2-8(6-10(12)15)14-16-11-4-3-9(17)7-13(11)19-14/h2-7,17H,15H2,1H3. The quantitative estimate of drug-likeness (QED) is 0.689. The Bertz CT molecular complexity index is 750. The second-order valence-electron chi connectivity index (χ2n) is 4.13. The second kappa shape index (κ2) is 4.20. The van der Waals surface area contributed by atoms with Gasteiger partial charge in [0, 0.05) is 11.6 Å². The van der Waals surface area contributed by atoms with E-state index in [1.54, 1.807) is 31.4 Å². The fourth-order valence-electron chi connectivity index (χ4n) is 1.90. The fourth-order valence-corrected chi connectivity index (χ4v) is 1.90. The zero-order valence-electron chi connectivity index (χ0n) is 10.3. The van der Waals surface area contributed by atoms with Crippen molar-refractivity contribution in [3.05, 3.63) is 36.4 Å². The Hall–Kier alpha value is -2.69. The van der Waals surface area contributed by atoms with E-state index in [9.17, 15) is 5.11 Å². The molecule has 0 aliphatic carbocycles. The number of rotatable bonds is 2. The minimum atomic E-state index is 0.143. The van der Waals surface area contributed by atoms with Crippen LogP contribution in [0.1, 0.15) is 0 Å². The Labute approximate surface area is 109 Å². The molecule has 0 radical (unpaired) electrons. The second-order valence-corrected chi connectivity index (χ2v) is 4.13. The summed E-state index contributed by atoms with van der Waals surface area (Å²) in [5.41, 5.74) is 8.34. The van der Waals surface area contributed by atoms with Crippen molar-refractivity contribution in [3.63, 3.8) is 0 Å². The Kier molecular flexibility index (Phi) is 2.52. The molecule has 0 aliphatic rings. The lowest BCUT2D eigenvalue weighted by Crippen LogP contribution is -1.92. The number of fused-ring (bicyclic) bond motifs is 1. The highest BCUT2D eigenvalue weighted by molar-refractivity contribution is 5.78. The monoisotopic (exact) mass is 256 g/mol. The molecule has 3 N–H and O–H groups in total. The van der Waals surface area contributed by atoms with Gasteiger partial charge in [-0.15, -0.1) is 0 Å². The van der Waals surface area contributed by atoms with Crippen LogP contribution >= 0.6 is 0 Å². The third-order valence-electron chi connectivity index (χ3n) is 2.85. The van der Waals surface area contributed by atoms with Crippen molar-refractivity contribution in [1.29, 1.82) is 0 Å². The van der Waals surface area contributed by atoms with E-state index in [4.69, 9.17) is 14.9 Å². The van der Waals surface area contributed by atoms with Gasteiger partial charge in [0.2, 0.25) is 5.89 Å². The number of nitrogens with zero attached hydrogens (tertiary/aromatic N) is 1. The smallest absolute Gasteiger partial charge is 0.227 e. The predicted octanol–water partition coefficient (Wildman–Crippen LogP) is 2.79. The van der Waals surface area contributed by atoms with E-state index in [0.717, 1.165) is 5.56 Å². The van der Waals surface area contributed by atoms with Gasteiger partial charge in [0.1, 0.15) is 17.0 Å². The SMILES string of the molecule is COc1ccc(-c2nc3ccc(O)cc3o2)cc1N. The summed E-state index contributed by atoms with van der Waals surface area (Å²) in [5.74, 6) is 1.21. The number of benzene rings is 2. The largest absolute Gasteiger partial charge is 0.508 e. The topological polar surface area (TPSA) is 81.5 Å². The number of hydrogen-bond donors (Lipinski definition) is 2. The van der Waals surface area contributed by atoms with Gasteiger partial charge in [-0.2, -0.15) is 0 Å². The molecule has 0 saturated carbocycles. The molecule has 19 heavy (non-hydrogen) atoms. The summed E-state index contributed by atoms with van der Waals surface area (Å²) in [6.45, 7) is 0. The zero-order valence-corrected chi connectivity index (χ0v) is 10.3. The first-order valence-corrected chi connectivity index (χ1v) is 5.71. The summed E-state index contributed by atoms with van der Waals surface area (Å²) in [5, 5.41) is 9.40. The van der Waals surface area contributed by atoms with E-state index >= 15 is 0 Å². The number of ether oxygens (including phenoxy) is 1. The molecule has 0 saturated heterocycles. The van der Waals surface area contributed by atoms with Crippen LogP contribution in [0.4, 0.5) is 5.69 Å². The molecule has 1 heterocycles. The first-order valence-electron chi connectivity index (χ1n) is 5.71. The van der Waals surface area contributed by atoms with Crippen LogP contribution in [-0.2, 0) is 0 Å². The lowest BCUT2D eigenvalue weighted by Gasteiger charge is -2.04. The minimum absolute atomic E-state index is 0.143. The molecule has 96 valence electrons. The maximum atomic E-state index is 9.40. The zero-order chi connectivity index (χ0) is 13.4. The Balaban J connectivity index is 2.11. The van der Waals surface area contributed by atoms with Gasteiger partial charge in [-0.1, -0.05) is 0 Å². The van der Waals surface area contributed by atoms with Crippen molar-refractivity contribution in [2.45, 2.75) is 0 Å². The van der Waals surface area contributed by atoms with Gasteiger partial charge in [-0.05, 0) is 30.3 Å². The first-order chi connectivity index (χ1) is 9.17. The average molecular weight is 256 g/mol. The lowest BCUT2D eigenvalue weighted by molar-refractivity contribution is 0.417. The Morgan fingerprint density at radius 3 is 2.79 bits per heavy atom. The summed E-state index contributed by atoms with van der Waals surface area (Å²) < 4.78 is 10.7. The molecule has 3 aromatic rings. The summed E-state index contributed by atoms with van der Waals surface area (Å²) in [6.07, 6.45) is 0.